The third kappa shape index (κ3) is 4.77. The van der Waals surface area contributed by atoms with Crippen LogP contribution in [-0.2, 0) is 9.59 Å². The number of benzene rings is 2. The number of rotatable bonds is 5. The van der Waals surface area contributed by atoms with E-state index in [1.54, 1.807) is 6.08 Å². The lowest BCUT2D eigenvalue weighted by atomic mass is 10.2. The van der Waals surface area contributed by atoms with E-state index in [9.17, 15) is 23.2 Å². The van der Waals surface area contributed by atoms with Gasteiger partial charge in [0, 0.05) is 24.8 Å². The van der Waals surface area contributed by atoms with Gasteiger partial charge in [-0.25, -0.2) is 8.78 Å². The molecule has 0 radical (unpaired) electrons. The Morgan fingerprint density at radius 3 is 2.45 bits per heavy atom. The molecule has 2 aromatic rings. The van der Waals surface area contributed by atoms with E-state index in [-0.39, 0.29) is 10.6 Å². The van der Waals surface area contributed by atoms with Crippen LogP contribution in [0.5, 0.6) is 0 Å². The van der Waals surface area contributed by atoms with E-state index in [1.165, 1.54) is 12.8 Å². The first-order valence-corrected chi connectivity index (χ1v) is 10.6. The maximum atomic E-state index is 13.7. The molecule has 0 unspecified atom stereocenters. The van der Waals surface area contributed by atoms with E-state index in [2.05, 4.69) is 10.2 Å². The van der Waals surface area contributed by atoms with Gasteiger partial charge in [-0.15, -0.1) is 0 Å². The molecule has 0 aliphatic carbocycles. The lowest BCUT2D eigenvalue weighted by molar-refractivity contribution is -0.127. The molecule has 31 heavy (non-hydrogen) atoms. The summed E-state index contributed by atoms with van der Waals surface area (Å²) in [6, 6.07) is 10.4. The summed E-state index contributed by atoms with van der Waals surface area (Å²) in [7, 11) is 0. The molecule has 0 aromatic heterocycles. The smallest absolute Gasteiger partial charge is 0.294 e. The van der Waals surface area contributed by atoms with Crippen molar-refractivity contribution in [3.05, 3.63) is 64.6 Å². The van der Waals surface area contributed by atoms with Gasteiger partial charge in [-0.05, 0) is 60.5 Å². The first kappa shape index (κ1) is 21.0. The average Bonchev–Trinajstić information content (AvgIpc) is 3.36. The van der Waals surface area contributed by atoms with Gasteiger partial charge in [-0.1, -0.05) is 12.1 Å². The van der Waals surface area contributed by atoms with E-state index >= 15 is 0 Å². The summed E-state index contributed by atoms with van der Waals surface area (Å²) in [6.07, 6.45) is 3.96. The second-order valence-electron chi connectivity index (χ2n) is 7.23. The summed E-state index contributed by atoms with van der Waals surface area (Å²) in [4.78, 5) is 40.3. The highest BCUT2D eigenvalue weighted by Gasteiger charge is 2.36. The molecule has 0 saturated carbocycles. The first-order chi connectivity index (χ1) is 14.9. The zero-order valence-electron chi connectivity index (χ0n) is 16.4. The molecule has 3 amide bonds. The molecule has 9 heteroatoms. The predicted octanol–water partition coefficient (Wildman–Crippen LogP) is 4.24. The van der Waals surface area contributed by atoms with Crippen molar-refractivity contribution < 1.29 is 23.2 Å². The fraction of sp³-hybridized carbons (Fsp3) is 0.227. The molecule has 2 aliphatic rings. The molecule has 160 valence electrons. The Morgan fingerprint density at radius 2 is 1.77 bits per heavy atom. The number of hydrogen-bond acceptors (Lipinski definition) is 5. The Balaban J connectivity index is 1.41. The lowest BCUT2D eigenvalue weighted by Gasteiger charge is -2.17. The standard InChI is InChI=1S/C22H19F2N3O3S/c23-15-5-8-18(17(24)12-15)25-20(28)13-27-21(29)19(31-22(27)30)11-14-3-6-16(7-4-14)26-9-1-2-10-26/h3-8,11-12H,1-2,9-10,13H2,(H,25,28). The minimum absolute atomic E-state index is 0.208. The van der Waals surface area contributed by atoms with Crippen molar-refractivity contribution in [1.29, 1.82) is 0 Å². The fourth-order valence-electron chi connectivity index (χ4n) is 3.47. The number of anilines is 2. The number of carbonyl (C=O) groups excluding carboxylic acids is 3. The lowest BCUT2D eigenvalue weighted by Crippen LogP contribution is -2.36. The van der Waals surface area contributed by atoms with Crippen molar-refractivity contribution in [1.82, 2.24) is 4.90 Å². The molecule has 0 spiro atoms. The summed E-state index contributed by atoms with van der Waals surface area (Å²) in [5.41, 5.74) is 1.66. The van der Waals surface area contributed by atoms with Crippen LogP contribution in [0.15, 0.2) is 47.4 Å². The number of nitrogens with zero attached hydrogens (tertiary/aromatic N) is 2. The number of thioether (sulfide) groups is 1. The van der Waals surface area contributed by atoms with Crippen LogP contribution in [0.4, 0.5) is 25.0 Å². The molecular formula is C22H19F2N3O3S. The molecule has 2 aliphatic heterocycles. The van der Waals surface area contributed by atoms with Crippen molar-refractivity contribution in [3.63, 3.8) is 0 Å². The molecule has 2 heterocycles. The molecule has 0 atom stereocenters. The highest BCUT2D eigenvalue weighted by molar-refractivity contribution is 8.18. The Kier molecular flexibility index (Phi) is 6.03. The van der Waals surface area contributed by atoms with Gasteiger partial charge in [-0.2, -0.15) is 0 Å². The van der Waals surface area contributed by atoms with Crippen LogP contribution in [0, 0.1) is 11.6 Å². The molecule has 1 N–H and O–H groups in total. The molecule has 2 saturated heterocycles. The van der Waals surface area contributed by atoms with Gasteiger partial charge in [0.05, 0.1) is 10.6 Å². The summed E-state index contributed by atoms with van der Waals surface area (Å²) < 4.78 is 26.7. The Labute approximate surface area is 181 Å². The van der Waals surface area contributed by atoms with Crippen LogP contribution in [0.25, 0.3) is 6.08 Å². The van der Waals surface area contributed by atoms with Crippen LogP contribution < -0.4 is 10.2 Å². The maximum Gasteiger partial charge on any atom is 0.294 e. The van der Waals surface area contributed by atoms with Gasteiger partial charge in [-0.3, -0.25) is 19.3 Å². The summed E-state index contributed by atoms with van der Waals surface area (Å²) in [5, 5.41) is 1.66. The zero-order chi connectivity index (χ0) is 22.0. The topological polar surface area (TPSA) is 69.7 Å². The largest absolute Gasteiger partial charge is 0.372 e. The van der Waals surface area contributed by atoms with Crippen molar-refractivity contribution in [2.24, 2.45) is 0 Å². The number of amides is 3. The molecular weight excluding hydrogens is 424 g/mol. The van der Waals surface area contributed by atoms with Crippen LogP contribution in [0.2, 0.25) is 0 Å². The normalized spacial score (nSPS) is 17.7. The summed E-state index contributed by atoms with van der Waals surface area (Å²) in [6.45, 7) is 1.50. The van der Waals surface area contributed by atoms with Crippen molar-refractivity contribution >= 4 is 46.3 Å². The third-order valence-corrected chi connectivity index (χ3v) is 5.95. The summed E-state index contributed by atoms with van der Waals surface area (Å²) >= 11 is 0.744. The minimum Gasteiger partial charge on any atom is -0.372 e. The minimum atomic E-state index is -0.945. The van der Waals surface area contributed by atoms with Gasteiger partial charge < -0.3 is 10.2 Å². The quantitative estimate of drug-likeness (QED) is 0.700. The van der Waals surface area contributed by atoms with Gasteiger partial charge in [0.2, 0.25) is 5.91 Å². The second kappa shape index (κ2) is 8.89. The number of carbonyl (C=O) groups is 3. The van der Waals surface area contributed by atoms with Crippen molar-refractivity contribution in [2.75, 3.05) is 29.9 Å². The van der Waals surface area contributed by atoms with Crippen LogP contribution in [-0.4, -0.2) is 41.6 Å². The number of nitrogens with one attached hydrogen (secondary N) is 1. The molecule has 2 fully saturated rings. The molecule has 4 rings (SSSR count). The monoisotopic (exact) mass is 443 g/mol. The molecule has 2 aromatic carbocycles. The van der Waals surface area contributed by atoms with Crippen molar-refractivity contribution in [2.45, 2.75) is 12.8 Å². The van der Waals surface area contributed by atoms with E-state index in [0.29, 0.717) is 6.07 Å². The SMILES string of the molecule is O=C(CN1C(=O)SC(=Cc2ccc(N3CCCC3)cc2)C1=O)Nc1ccc(F)cc1F. The second-order valence-corrected chi connectivity index (χ2v) is 8.22. The van der Waals surface area contributed by atoms with E-state index in [0.717, 1.165) is 53.1 Å². The Hall–Kier alpha value is -3.20. The predicted molar refractivity (Wildman–Crippen MR) is 116 cm³/mol. The molecule has 6 nitrogen and oxygen atoms in total. The summed E-state index contributed by atoms with van der Waals surface area (Å²) in [5.74, 6) is -3.07. The fourth-order valence-corrected chi connectivity index (χ4v) is 4.31. The highest BCUT2D eigenvalue weighted by atomic mass is 32.2. The van der Waals surface area contributed by atoms with Crippen molar-refractivity contribution in [3.8, 4) is 0 Å². The number of imide groups is 1. The van der Waals surface area contributed by atoms with E-state index in [4.69, 9.17) is 0 Å². The van der Waals surface area contributed by atoms with Gasteiger partial charge in [0.15, 0.2) is 0 Å². The van der Waals surface area contributed by atoms with Gasteiger partial charge >= 0.3 is 0 Å². The Morgan fingerprint density at radius 1 is 1.06 bits per heavy atom. The van der Waals surface area contributed by atoms with E-state index < -0.39 is 35.2 Å². The first-order valence-electron chi connectivity index (χ1n) is 9.76. The Bertz CT molecular complexity index is 1070. The zero-order valence-corrected chi connectivity index (χ0v) is 17.3. The maximum absolute atomic E-state index is 13.7. The third-order valence-electron chi connectivity index (χ3n) is 5.04. The van der Waals surface area contributed by atoms with Crippen LogP contribution in [0.1, 0.15) is 18.4 Å². The van der Waals surface area contributed by atoms with Gasteiger partial charge in [0.25, 0.3) is 11.1 Å². The average molecular weight is 443 g/mol. The highest BCUT2D eigenvalue weighted by Crippen LogP contribution is 2.32. The van der Waals surface area contributed by atoms with Crippen LogP contribution >= 0.6 is 11.8 Å². The van der Waals surface area contributed by atoms with E-state index in [1.807, 2.05) is 24.3 Å². The number of halogens is 2. The molecule has 0 bridgehead atoms. The van der Waals surface area contributed by atoms with Gasteiger partial charge in [0.1, 0.15) is 18.2 Å². The van der Waals surface area contributed by atoms with Crippen LogP contribution in [0.3, 0.4) is 0 Å². The number of hydrogen-bond donors (Lipinski definition) is 1.